The second-order valence-electron chi connectivity index (χ2n) is 5.27. The van der Waals surface area contributed by atoms with E-state index in [0.717, 1.165) is 52.1 Å². The van der Waals surface area contributed by atoms with Gasteiger partial charge in [-0.3, -0.25) is 4.98 Å². The topological polar surface area (TPSA) is 54.7 Å². The summed E-state index contributed by atoms with van der Waals surface area (Å²) in [6, 6.07) is 8.07. The predicted molar refractivity (Wildman–Crippen MR) is 96.2 cm³/mol. The number of unbranched alkanes of at least 4 members (excludes halogenated alkanes) is 1. The van der Waals surface area contributed by atoms with Crippen molar-refractivity contribution in [2.75, 3.05) is 6.54 Å². The summed E-state index contributed by atoms with van der Waals surface area (Å²) in [7, 11) is 0. The van der Waals surface area contributed by atoms with E-state index in [2.05, 4.69) is 32.0 Å². The van der Waals surface area contributed by atoms with Gasteiger partial charge in [-0.1, -0.05) is 27.5 Å². The number of benzene rings is 1. The van der Waals surface area contributed by atoms with Crippen molar-refractivity contribution in [2.24, 2.45) is 5.73 Å². The van der Waals surface area contributed by atoms with Crippen molar-refractivity contribution < 1.29 is 0 Å². The number of halogens is 2. The smallest absolute Gasteiger partial charge is 0.0658 e. The molecule has 22 heavy (non-hydrogen) atoms. The SMILES string of the molecule is NCCCCc1c(-c2ccncc2)[nH]c2c(Cl)cc(Br)cc12. The number of H-pyrrole nitrogens is 1. The maximum absolute atomic E-state index is 6.40. The molecule has 0 aliphatic heterocycles. The Bertz CT molecular complexity index is 783. The van der Waals surface area contributed by atoms with Gasteiger partial charge in [-0.05, 0) is 55.6 Å². The highest BCUT2D eigenvalue weighted by atomic mass is 79.9. The molecule has 114 valence electrons. The zero-order valence-electron chi connectivity index (χ0n) is 12.1. The number of aryl methyl sites for hydroxylation is 1. The summed E-state index contributed by atoms with van der Waals surface area (Å²) in [4.78, 5) is 7.59. The van der Waals surface area contributed by atoms with Crippen molar-refractivity contribution in [3.8, 4) is 11.3 Å². The third-order valence-corrected chi connectivity index (χ3v) is 4.54. The molecule has 0 bridgehead atoms. The molecule has 0 atom stereocenters. The van der Waals surface area contributed by atoms with Crippen LogP contribution in [0.25, 0.3) is 22.2 Å². The van der Waals surface area contributed by atoms with Gasteiger partial charge < -0.3 is 10.7 Å². The fraction of sp³-hybridized carbons (Fsp3) is 0.235. The van der Waals surface area contributed by atoms with Crippen molar-refractivity contribution >= 4 is 38.4 Å². The third kappa shape index (κ3) is 3.05. The van der Waals surface area contributed by atoms with Crippen molar-refractivity contribution in [1.29, 1.82) is 0 Å². The van der Waals surface area contributed by atoms with Crippen LogP contribution < -0.4 is 5.73 Å². The van der Waals surface area contributed by atoms with E-state index in [1.54, 1.807) is 0 Å². The Morgan fingerprint density at radius 1 is 1.18 bits per heavy atom. The molecular formula is C17H17BrClN3. The average molecular weight is 379 g/mol. The maximum Gasteiger partial charge on any atom is 0.0658 e. The highest BCUT2D eigenvalue weighted by Gasteiger charge is 2.15. The Labute approximate surface area is 143 Å². The molecule has 1 aromatic carbocycles. The molecule has 3 rings (SSSR count). The molecule has 0 fully saturated rings. The van der Waals surface area contributed by atoms with E-state index in [0.29, 0.717) is 0 Å². The highest BCUT2D eigenvalue weighted by molar-refractivity contribution is 9.10. The molecule has 0 unspecified atom stereocenters. The van der Waals surface area contributed by atoms with E-state index in [-0.39, 0.29) is 0 Å². The minimum Gasteiger partial charge on any atom is -0.353 e. The summed E-state index contributed by atoms with van der Waals surface area (Å²) in [6.45, 7) is 0.720. The van der Waals surface area contributed by atoms with Crippen LogP contribution in [0.5, 0.6) is 0 Å². The number of aromatic nitrogens is 2. The van der Waals surface area contributed by atoms with E-state index >= 15 is 0 Å². The Balaban J connectivity index is 2.17. The number of hydrogen-bond donors (Lipinski definition) is 2. The molecule has 0 aliphatic carbocycles. The van der Waals surface area contributed by atoms with E-state index in [4.69, 9.17) is 17.3 Å². The molecule has 0 radical (unpaired) electrons. The normalized spacial score (nSPS) is 11.2. The van der Waals surface area contributed by atoms with Crippen LogP contribution in [0.1, 0.15) is 18.4 Å². The molecule has 2 aromatic heterocycles. The molecule has 2 heterocycles. The first-order chi connectivity index (χ1) is 10.7. The van der Waals surface area contributed by atoms with Gasteiger partial charge in [-0.25, -0.2) is 0 Å². The number of hydrogen-bond acceptors (Lipinski definition) is 2. The summed E-state index contributed by atoms with van der Waals surface area (Å²) < 4.78 is 0.991. The number of nitrogens with one attached hydrogen (secondary N) is 1. The number of nitrogens with two attached hydrogens (primary N) is 1. The fourth-order valence-corrected chi connectivity index (χ4v) is 3.60. The lowest BCUT2D eigenvalue weighted by molar-refractivity contribution is 0.748. The molecule has 0 amide bonds. The molecule has 3 nitrogen and oxygen atoms in total. The van der Waals surface area contributed by atoms with Gasteiger partial charge in [0.05, 0.1) is 10.5 Å². The third-order valence-electron chi connectivity index (χ3n) is 3.78. The monoisotopic (exact) mass is 377 g/mol. The molecule has 3 aromatic rings. The summed E-state index contributed by atoms with van der Waals surface area (Å²) in [5.74, 6) is 0. The molecular weight excluding hydrogens is 362 g/mol. The second-order valence-corrected chi connectivity index (χ2v) is 6.59. The second kappa shape index (κ2) is 6.82. The van der Waals surface area contributed by atoms with Crippen LogP contribution in [0.15, 0.2) is 41.1 Å². The van der Waals surface area contributed by atoms with E-state index in [1.165, 1.54) is 10.9 Å². The van der Waals surface area contributed by atoms with Crippen LogP contribution in [0, 0.1) is 0 Å². The minimum atomic E-state index is 0.720. The van der Waals surface area contributed by atoms with Gasteiger partial charge in [0, 0.05) is 33.5 Å². The maximum atomic E-state index is 6.40. The number of nitrogens with zero attached hydrogens (tertiary/aromatic N) is 1. The van der Waals surface area contributed by atoms with Crippen LogP contribution >= 0.6 is 27.5 Å². The standard InChI is InChI=1S/C17H17BrClN3/c18-12-9-14-13(3-1-2-6-20)16(11-4-7-21-8-5-11)22-17(14)15(19)10-12/h4-5,7-10,22H,1-3,6,20H2. The summed E-state index contributed by atoms with van der Waals surface area (Å²) in [6.07, 6.45) is 6.67. The summed E-state index contributed by atoms with van der Waals surface area (Å²) in [5.41, 5.74) is 10.2. The Hall–Kier alpha value is -1.36. The highest BCUT2D eigenvalue weighted by Crippen LogP contribution is 2.36. The lowest BCUT2D eigenvalue weighted by atomic mass is 10.0. The Morgan fingerprint density at radius 2 is 1.95 bits per heavy atom. The predicted octanol–water partition coefficient (Wildman–Crippen LogP) is 4.93. The minimum absolute atomic E-state index is 0.720. The Kier molecular flexibility index (Phi) is 4.81. The first-order valence-electron chi connectivity index (χ1n) is 7.30. The lowest BCUT2D eigenvalue weighted by Crippen LogP contribution is -1.99. The molecule has 3 N–H and O–H groups in total. The van der Waals surface area contributed by atoms with Gasteiger partial charge >= 0.3 is 0 Å². The number of pyridine rings is 1. The number of aromatic amines is 1. The van der Waals surface area contributed by atoms with E-state index in [9.17, 15) is 0 Å². The molecule has 0 saturated heterocycles. The van der Waals surface area contributed by atoms with Crippen LogP contribution in [-0.4, -0.2) is 16.5 Å². The average Bonchev–Trinajstić information content (AvgIpc) is 2.88. The van der Waals surface area contributed by atoms with Crippen molar-refractivity contribution in [3.63, 3.8) is 0 Å². The number of fused-ring (bicyclic) bond motifs is 1. The van der Waals surface area contributed by atoms with Gasteiger partial charge in [0.25, 0.3) is 0 Å². The van der Waals surface area contributed by atoms with Crippen LogP contribution in [0.2, 0.25) is 5.02 Å². The van der Waals surface area contributed by atoms with Crippen molar-refractivity contribution in [2.45, 2.75) is 19.3 Å². The largest absolute Gasteiger partial charge is 0.353 e. The van der Waals surface area contributed by atoms with Gasteiger partial charge in [0.15, 0.2) is 0 Å². The zero-order chi connectivity index (χ0) is 15.5. The van der Waals surface area contributed by atoms with Crippen LogP contribution in [0.4, 0.5) is 0 Å². The van der Waals surface area contributed by atoms with Crippen LogP contribution in [-0.2, 0) is 6.42 Å². The quantitative estimate of drug-likeness (QED) is 0.619. The summed E-state index contributed by atoms with van der Waals surface area (Å²) >= 11 is 9.94. The lowest BCUT2D eigenvalue weighted by Gasteiger charge is -2.05. The first kappa shape index (κ1) is 15.5. The van der Waals surface area contributed by atoms with E-state index < -0.39 is 0 Å². The first-order valence-corrected chi connectivity index (χ1v) is 8.48. The van der Waals surface area contributed by atoms with Crippen molar-refractivity contribution in [3.05, 3.63) is 51.7 Å². The van der Waals surface area contributed by atoms with Gasteiger partial charge in [-0.15, -0.1) is 0 Å². The fourth-order valence-electron chi connectivity index (χ4n) is 2.74. The van der Waals surface area contributed by atoms with Gasteiger partial charge in [0.2, 0.25) is 0 Å². The van der Waals surface area contributed by atoms with Crippen LogP contribution in [0.3, 0.4) is 0 Å². The van der Waals surface area contributed by atoms with E-state index in [1.807, 2.05) is 30.6 Å². The zero-order valence-corrected chi connectivity index (χ0v) is 14.4. The van der Waals surface area contributed by atoms with Gasteiger partial charge in [0.1, 0.15) is 0 Å². The molecule has 5 heteroatoms. The summed E-state index contributed by atoms with van der Waals surface area (Å²) in [5, 5.41) is 1.90. The van der Waals surface area contributed by atoms with Crippen molar-refractivity contribution in [1.82, 2.24) is 9.97 Å². The Morgan fingerprint density at radius 3 is 2.68 bits per heavy atom. The van der Waals surface area contributed by atoms with Gasteiger partial charge in [-0.2, -0.15) is 0 Å². The molecule has 0 spiro atoms. The molecule has 0 aliphatic rings. The number of rotatable bonds is 5. The molecule has 0 saturated carbocycles.